The summed E-state index contributed by atoms with van der Waals surface area (Å²) in [5, 5.41) is 0. The van der Waals surface area contributed by atoms with E-state index in [0.717, 1.165) is 12.3 Å². The summed E-state index contributed by atoms with van der Waals surface area (Å²) < 4.78 is 6.22. The first kappa shape index (κ1) is 14.1. The van der Waals surface area contributed by atoms with E-state index in [2.05, 4.69) is 20.8 Å². The fourth-order valence-electron chi connectivity index (χ4n) is 3.19. The Balaban J connectivity index is 2.14. The molecule has 1 aliphatic carbocycles. The van der Waals surface area contributed by atoms with Crippen LogP contribution in [0.25, 0.3) is 0 Å². The van der Waals surface area contributed by atoms with Gasteiger partial charge >= 0.3 is 0 Å². The number of fused-ring (bicyclic) bond motifs is 1. The van der Waals surface area contributed by atoms with Gasteiger partial charge in [-0.1, -0.05) is 33.3 Å². The zero-order valence-electron chi connectivity index (χ0n) is 11.8. The zero-order chi connectivity index (χ0) is 13.3. The van der Waals surface area contributed by atoms with Gasteiger partial charge in [0.05, 0.1) is 6.10 Å². The molecule has 3 heteroatoms. The highest BCUT2D eigenvalue weighted by Gasteiger charge is 2.47. The fourth-order valence-corrected chi connectivity index (χ4v) is 4.58. The van der Waals surface area contributed by atoms with Crippen LogP contribution < -0.4 is 0 Å². The monoisotopic (exact) mass is 268 g/mol. The molecule has 1 aliphatic heterocycles. The normalized spacial score (nSPS) is 39.6. The lowest BCUT2D eigenvalue weighted by molar-refractivity contribution is -0.129. The molecule has 2 aliphatic rings. The van der Waals surface area contributed by atoms with Gasteiger partial charge in [0.2, 0.25) is 0 Å². The topological polar surface area (TPSA) is 26.3 Å². The molecule has 0 amide bonds. The second kappa shape index (κ2) is 5.38. The second-order valence-electron chi connectivity index (χ2n) is 6.15. The predicted molar refractivity (Wildman–Crippen MR) is 76.7 cm³/mol. The van der Waals surface area contributed by atoms with E-state index in [1.54, 1.807) is 23.9 Å². The Labute approximate surface area is 115 Å². The van der Waals surface area contributed by atoms with Crippen LogP contribution in [0.3, 0.4) is 0 Å². The Morgan fingerprint density at radius 1 is 1.39 bits per heavy atom. The highest BCUT2D eigenvalue weighted by atomic mass is 32.2. The van der Waals surface area contributed by atoms with E-state index in [9.17, 15) is 4.79 Å². The number of carbonyl (C=O) groups excluding carboxylic acids is 1. The van der Waals surface area contributed by atoms with Crippen molar-refractivity contribution in [3.8, 4) is 0 Å². The van der Waals surface area contributed by atoms with Gasteiger partial charge in [0.1, 0.15) is 0 Å². The molecule has 0 aromatic rings. The number of hydrogen-bond donors (Lipinski definition) is 0. The average Bonchev–Trinajstić information content (AvgIpc) is 2.27. The molecule has 4 atom stereocenters. The van der Waals surface area contributed by atoms with Crippen molar-refractivity contribution >= 4 is 17.5 Å². The Morgan fingerprint density at radius 2 is 2.11 bits per heavy atom. The Hall–Kier alpha value is -0.280. The highest BCUT2D eigenvalue weighted by molar-refractivity contribution is 8.01. The summed E-state index contributed by atoms with van der Waals surface area (Å²) in [4.78, 5) is 12.0. The molecule has 2 fully saturated rings. The first-order valence-corrected chi connectivity index (χ1v) is 7.82. The largest absolute Gasteiger partial charge is 0.356 e. The molecule has 0 aromatic carbocycles. The minimum absolute atomic E-state index is 0.104. The maximum Gasteiger partial charge on any atom is 0.194 e. The molecule has 0 bridgehead atoms. The lowest BCUT2D eigenvalue weighted by Crippen LogP contribution is -2.50. The van der Waals surface area contributed by atoms with Crippen LogP contribution in [0.2, 0.25) is 0 Å². The van der Waals surface area contributed by atoms with Crippen LogP contribution in [-0.4, -0.2) is 22.1 Å². The predicted octanol–water partition coefficient (Wildman–Crippen LogP) is 3.80. The maximum atomic E-state index is 12.0. The third-order valence-corrected chi connectivity index (χ3v) is 5.69. The third-order valence-electron chi connectivity index (χ3n) is 4.22. The molecule has 0 unspecified atom stereocenters. The van der Waals surface area contributed by atoms with Gasteiger partial charge in [0.15, 0.2) is 11.2 Å². The van der Waals surface area contributed by atoms with E-state index < -0.39 is 0 Å². The molecule has 1 saturated heterocycles. The van der Waals surface area contributed by atoms with Crippen molar-refractivity contribution < 1.29 is 9.53 Å². The number of hydrogen-bond acceptors (Lipinski definition) is 3. The maximum absolute atomic E-state index is 12.0. The average molecular weight is 268 g/mol. The third kappa shape index (κ3) is 2.83. The molecular weight excluding hydrogens is 244 g/mol. The lowest BCUT2D eigenvalue weighted by atomic mass is 9.75. The van der Waals surface area contributed by atoms with Gasteiger partial charge in [0.25, 0.3) is 0 Å². The summed E-state index contributed by atoms with van der Waals surface area (Å²) in [5.41, 5.74) is -0.303. The van der Waals surface area contributed by atoms with Gasteiger partial charge in [-0.3, -0.25) is 4.79 Å². The summed E-state index contributed by atoms with van der Waals surface area (Å²) in [7, 11) is 0. The summed E-state index contributed by atoms with van der Waals surface area (Å²) in [6.45, 7) is 8.70. The van der Waals surface area contributed by atoms with Crippen LogP contribution in [0, 0.1) is 11.8 Å². The lowest BCUT2D eigenvalue weighted by Gasteiger charge is -2.49. The molecule has 18 heavy (non-hydrogen) atoms. The Bertz CT molecular complexity index is 348. The van der Waals surface area contributed by atoms with Crippen LogP contribution in [0.15, 0.2) is 12.2 Å². The Kier molecular flexibility index (Phi) is 4.22. The number of rotatable bonds is 2. The smallest absolute Gasteiger partial charge is 0.194 e. The minimum atomic E-state index is -0.303. The van der Waals surface area contributed by atoms with Crippen molar-refractivity contribution in [2.45, 2.75) is 63.2 Å². The highest BCUT2D eigenvalue weighted by Crippen LogP contribution is 2.50. The number of thioether (sulfide) groups is 1. The van der Waals surface area contributed by atoms with Crippen LogP contribution in [0.1, 0.15) is 47.0 Å². The molecule has 0 radical (unpaired) electrons. The van der Waals surface area contributed by atoms with Crippen molar-refractivity contribution in [2.75, 3.05) is 0 Å². The minimum Gasteiger partial charge on any atom is -0.356 e. The van der Waals surface area contributed by atoms with Crippen molar-refractivity contribution in [1.29, 1.82) is 0 Å². The summed E-state index contributed by atoms with van der Waals surface area (Å²) in [5.74, 6) is 1.42. The zero-order valence-corrected chi connectivity index (χ0v) is 12.6. The summed E-state index contributed by atoms with van der Waals surface area (Å²) >= 11 is 1.70. The van der Waals surface area contributed by atoms with E-state index in [4.69, 9.17) is 4.74 Å². The first-order valence-electron chi connectivity index (χ1n) is 6.94. The number of allylic oxidation sites excluding steroid dienone is 1. The van der Waals surface area contributed by atoms with E-state index in [1.807, 2.05) is 6.92 Å². The van der Waals surface area contributed by atoms with E-state index in [-0.39, 0.29) is 22.1 Å². The van der Waals surface area contributed by atoms with Crippen molar-refractivity contribution in [1.82, 2.24) is 0 Å². The van der Waals surface area contributed by atoms with Crippen molar-refractivity contribution in [3.05, 3.63) is 12.2 Å². The van der Waals surface area contributed by atoms with Crippen LogP contribution >= 0.6 is 11.8 Å². The molecule has 102 valence electrons. The SMILES string of the molecule is C/C=C/C(=O)[C@@H]1O[C@@H]2C[C@H](C)CC[C@H]2C(C)(C)S1. The number of ether oxygens (including phenoxy) is 1. The van der Waals surface area contributed by atoms with E-state index in [0.29, 0.717) is 5.92 Å². The molecule has 2 nitrogen and oxygen atoms in total. The van der Waals surface area contributed by atoms with Gasteiger partial charge in [-0.15, -0.1) is 11.8 Å². The fraction of sp³-hybridized carbons (Fsp3) is 0.800. The molecule has 2 rings (SSSR count). The van der Waals surface area contributed by atoms with Crippen LogP contribution in [0.4, 0.5) is 0 Å². The number of carbonyl (C=O) groups is 1. The summed E-state index contributed by atoms with van der Waals surface area (Å²) in [6.07, 6.45) is 7.34. The van der Waals surface area contributed by atoms with Gasteiger partial charge in [-0.25, -0.2) is 0 Å². The van der Waals surface area contributed by atoms with Crippen molar-refractivity contribution in [2.24, 2.45) is 11.8 Å². The molecule has 1 saturated carbocycles. The van der Waals surface area contributed by atoms with Gasteiger partial charge < -0.3 is 4.74 Å². The van der Waals surface area contributed by atoms with Gasteiger partial charge in [-0.05, 0) is 37.7 Å². The molecule has 1 heterocycles. The van der Waals surface area contributed by atoms with Crippen LogP contribution in [0.5, 0.6) is 0 Å². The first-order chi connectivity index (χ1) is 8.44. The van der Waals surface area contributed by atoms with Gasteiger partial charge in [-0.2, -0.15) is 0 Å². The van der Waals surface area contributed by atoms with E-state index >= 15 is 0 Å². The molecule has 0 N–H and O–H groups in total. The standard InChI is InChI=1S/C15H24O2S/c1-5-6-12(16)14-17-13-9-10(2)7-8-11(13)15(3,4)18-14/h5-6,10-11,13-14H,7-9H2,1-4H3/b6-5+/t10-,11-,13-,14-/m1/s1. The van der Waals surface area contributed by atoms with E-state index in [1.165, 1.54) is 12.8 Å². The second-order valence-corrected chi connectivity index (χ2v) is 7.87. The van der Waals surface area contributed by atoms with Crippen LogP contribution in [-0.2, 0) is 9.53 Å². The van der Waals surface area contributed by atoms with Crippen molar-refractivity contribution in [3.63, 3.8) is 0 Å². The molecule has 0 spiro atoms. The number of ketones is 1. The Morgan fingerprint density at radius 3 is 2.78 bits per heavy atom. The summed E-state index contributed by atoms with van der Waals surface area (Å²) in [6, 6.07) is 0. The molecule has 0 aromatic heterocycles. The van der Waals surface area contributed by atoms with Gasteiger partial charge in [0, 0.05) is 4.75 Å². The molecular formula is C15H24O2S. The quantitative estimate of drug-likeness (QED) is 0.712.